The van der Waals surface area contributed by atoms with Gasteiger partial charge in [0.1, 0.15) is 5.82 Å². The lowest BCUT2D eigenvalue weighted by atomic mass is 9.79. The van der Waals surface area contributed by atoms with Gasteiger partial charge in [-0.1, -0.05) is 25.4 Å². The van der Waals surface area contributed by atoms with E-state index in [1.165, 1.54) is 31.7 Å². The highest BCUT2D eigenvalue weighted by molar-refractivity contribution is 6.31. The fraction of sp³-hybridized carbons (Fsp3) is 0.741. The Morgan fingerprint density at radius 1 is 0.943 bits per heavy atom. The lowest BCUT2D eigenvalue weighted by Crippen LogP contribution is -2.45. The summed E-state index contributed by atoms with van der Waals surface area (Å²) in [6.07, 6.45) is 7.15. The van der Waals surface area contributed by atoms with Crippen molar-refractivity contribution in [2.75, 3.05) is 45.9 Å². The Balaban J connectivity index is 1.32. The smallest absolute Gasteiger partial charge is 0.329 e. The molecule has 0 amide bonds. The van der Waals surface area contributed by atoms with Crippen molar-refractivity contribution in [2.45, 2.75) is 71.0 Å². The van der Waals surface area contributed by atoms with Gasteiger partial charge in [-0.25, -0.2) is 9.18 Å². The molecule has 2 saturated heterocycles. The van der Waals surface area contributed by atoms with Crippen LogP contribution in [0.5, 0.6) is 0 Å². The molecular weight excluding hydrogens is 467 g/mol. The molecule has 1 saturated carbocycles. The summed E-state index contributed by atoms with van der Waals surface area (Å²) < 4.78 is 23.6. The third-order valence-corrected chi connectivity index (χ3v) is 9.10. The largest absolute Gasteiger partial charge is 0.379 e. The lowest BCUT2D eigenvalue weighted by molar-refractivity contribution is 0.0363. The number of nitrogens with zero attached hydrogens (tertiary/aromatic N) is 4. The first-order valence-electron chi connectivity index (χ1n) is 13.6. The molecule has 2 aliphatic heterocycles. The number of ether oxygens (including phenoxy) is 1. The van der Waals surface area contributed by atoms with E-state index in [1.54, 1.807) is 10.6 Å². The molecule has 1 aliphatic carbocycles. The number of fused-ring (bicyclic) bond motifs is 1. The highest BCUT2D eigenvalue weighted by Gasteiger charge is 2.32. The van der Waals surface area contributed by atoms with Crippen LogP contribution >= 0.6 is 11.6 Å². The van der Waals surface area contributed by atoms with Crippen molar-refractivity contribution in [3.05, 3.63) is 33.5 Å². The minimum atomic E-state index is -0.469. The molecule has 35 heavy (non-hydrogen) atoms. The first kappa shape index (κ1) is 25.2. The van der Waals surface area contributed by atoms with Crippen LogP contribution in [0.2, 0.25) is 5.02 Å². The fourth-order valence-electron chi connectivity index (χ4n) is 6.55. The molecule has 8 heteroatoms. The number of benzene rings is 1. The van der Waals surface area contributed by atoms with E-state index in [1.807, 2.05) is 4.57 Å². The monoisotopic (exact) mass is 506 g/mol. The molecule has 0 unspecified atom stereocenters. The number of rotatable bonds is 6. The van der Waals surface area contributed by atoms with Gasteiger partial charge in [0, 0.05) is 57.4 Å². The molecular formula is C27H40ClFN4O2. The molecule has 0 bridgehead atoms. The zero-order valence-corrected chi connectivity index (χ0v) is 22.0. The Bertz CT molecular complexity index is 1060. The minimum Gasteiger partial charge on any atom is -0.379 e. The molecule has 0 radical (unpaired) electrons. The number of likely N-dealkylation sites (tertiary alicyclic amines) is 1. The molecule has 0 spiro atoms. The first-order chi connectivity index (χ1) is 16.9. The molecule has 3 heterocycles. The summed E-state index contributed by atoms with van der Waals surface area (Å²) >= 11 is 6.19. The van der Waals surface area contributed by atoms with Crippen molar-refractivity contribution in [3.8, 4) is 0 Å². The van der Waals surface area contributed by atoms with Gasteiger partial charge < -0.3 is 9.64 Å². The molecule has 1 aromatic carbocycles. The highest BCUT2D eigenvalue weighted by Crippen LogP contribution is 2.35. The Morgan fingerprint density at radius 3 is 2.29 bits per heavy atom. The first-order valence-corrected chi connectivity index (χ1v) is 13.9. The van der Waals surface area contributed by atoms with E-state index in [4.69, 9.17) is 16.3 Å². The lowest BCUT2D eigenvalue weighted by Gasteiger charge is -2.41. The van der Waals surface area contributed by atoms with Crippen molar-refractivity contribution in [1.82, 2.24) is 18.9 Å². The average Bonchev–Trinajstić information content (AvgIpc) is 3.13. The number of aromatic nitrogens is 2. The average molecular weight is 507 g/mol. The summed E-state index contributed by atoms with van der Waals surface area (Å²) in [4.78, 5) is 18.6. The normalized spacial score (nSPS) is 25.6. The topological polar surface area (TPSA) is 42.6 Å². The van der Waals surface area contributed by atoms with E-state index in [0.717, 1.165) is 76.1 Å². The molecule has 3 fully saturated rings. The summed E-state index contributed by atoms with van der Waals surface area (Å²) in [5.74, 6) is 1.19. The maximum atomic E-state index is 14.5. The standard InChI is InChI=1S/C27H40ClFN4O2/c1-19(2)20-3-5-21(6-4-20)31-9-7-22(8-10-31)33-26-17-23(28)24(29)18-25(26)32(27(33)34)12-11-30-13-15-35-16-14-30/h17-22H,3-16H2,1-2H3/t20-,21-. The van der Waals surface area contributed by atoms with Crippen LogP contribution in [0.1, 0.15) is 58.4 Å². The van der Waals surface area contributed by atoms with Crippen LogP contribution < -0.4 is 5.69 Å². The molecule has 194 valence electrons. The second-order valence-corrected chi connectivity index (χ2v) is 11.5. The molecule has 2 aromatic rings. The summed E-state index contributed by atoms with van der Waals surface area (Å²) in [5, 5.41) is 0.0796. The van der Waals surface area contributed by atoms with Gasteiger partial charge in [-0.05, 0) is 56.4 Å². The highest BCUT2D eigenvalue weighted by atomic mass is 35.5. The van der Waals surface area contributed by atoms with E-state index in [-0.39, 0.29) is 16.8 Å². The number of halogens is 2. The van der Waals surface area contributed by atoms with Gasteiger partial charge in [0.25, 0.3) is 0 Å². The van der Waals surface area contributed by atoms with Gasteiger partial charge in [-0.2, -0.15) is 0 Å². The van der Waals surface area contributed by atoms with E-state index in [2.05, 4.69) is 23.6 Å². The summed E-state index contributed by atoms with van der Waals surface area (Å²) in [6, 6.07) is 3.90. The van der Waals surface area contributed by atoms with Gasteiger partial charge in [-0.3, -0.25) is 14.0 Å². The predicted molar refractivity (Wildman–Crippen MR) is 139 cm³/mol. The molecule has 1 aromatic heterocycles. The van der Waals surface area contributed by atoms with Crippen LogP contribution in [0.25, 0.3) is 11.0 Å². The van der Waals surface area contributed by atoms with Crippen LogP contribution in [0.3, 0.4) is 0 Å². The number of morpholine rings is 1. The van der Waals surface area contributed by atoms with Gasteiger partial charge in [-0.15, -0.1) is 0 Å². The number of piperidine rings is 1. The predicted octanol–water partition coefficient (Wildman–Crippen LogP) is 4.78. The molecule has 0 N–H and O–H groups in total. The second kappa shape index (κ2) is 10.9. The van der Waals surface area contributed by atoms with Gasteiger partial charge in [0.2, 0.25) is 0 Å². The van der Waals surface area contributed by atoms with Crippen LogP contribution in [-0.2, 0) is 11.3 Å². The van der Waals surface area contributed by atoms with Crippen molar-refractivity contribution in [1.29, 1.82) is 0 Å². The Morgan fingerprint density at radius 2 is 1.63 bits per heavy atom. The molecule has 5 rings (SSSR count). The van der Waals surface area contributed by atoms with Crippen molar-refractivity contribution >= 4 is 22.6 Å². The fourth-order valence-corrected chi connectivity index (χ4v) is 6.71. The van der Waals surface area contributed by atoms with E-state index in [9.17, 15) is 9.18 Å². The third-order valence-electron chi connectivity index (χ3n) is 8.81. The van der Waals surface area contributed by atoms with E-state index >= 15 is 0 Å². The van der Waals surface area contributed by atoms with Gasteiger partial charge >= 0.3 is 5.69 Å². The van der Waals surface area contributed by atoms with Crippen molar-refractivity contribution in [3.63, 3.8) is 0 Å². The summed E-state index contributed by atoms with van der Waals surface area (Å²) in [7, 11) is 0. The minimum absolute atomic E-state index is 0.0363. The van der Waals surface area contributed by atoms with E-state index < -0.39 is 5.82 Å². The van der Waals surface area contributed by atoms with Crippen LogP contribution in [0, 0.1) is 17.7 Å². The maximum Gasteiger partial charge on any atom is 0.329 e. The Labute approximate surface area is 213 Å². The molecule has 3 aliphatic rings. The maximum absolute atomic E-state index is 14.5. The zero-order valence-electron chi connectivity index (χ0n) is 21.2. The van der Waals surface area contributed by atoms with Gasteiger partial charge in [0.05, 0.1) is 29.3 Å². The SMILES string of the molecule is CC(C)[C@H]1CC[C@H](N2CCC(n3c(=O)n(CCN4CCOCC4)c4cc(F)c(Cl)cc43)CC2)CC1. The van der Waals surface area contributed by atoms with Gasteiger partial charge in [0.15, 0.2) is 0 Å². The van der Waals surface area contributed by atoms with Crippen molar-refractivity contribution in [2.24, 2.45) is 11.8 Å². The van der Waals surface area contributed by atoms with E-state index in [0.29, 0.717) is 18.1 Å². The third kappa shape index (κ3) is 5.34. The number of imidazole rings is 1. The number of hydrogen-bond acceptors (Lipinski definition) is 4. The van der Waals surface area contributed by atoms with Crippen molar-refractivity contribution < 1.29 is 9.13 Å². The quantitative estimate of drug-likeness (QED) is 0.565. The second-order valence-electron chi connectivity index (χ2n) is 11.1. The number of hydrogen-bond donors (Lipinski definition) is 0. The molecule has 6 nitrogen and oxygen atoms in total. The Kier molecular flexibility index (Phi) is 7.87. The summed E-state index contributed by atoms with van der Waals surface area (Å²) in [6.45, 7) is 11.2. The summed E-state index contributed by atoms with van der Waals surface area (Å²) in [5.41, 5.74) is 1.38. The van der Waals surface area contributed by atoms with Crippen LogP contribution in [-0.4, -0.2) is 70.9 Å². The van der Waals surface area contributed by atoms with Crippen LogP contribution in [0.4, 0.5) is 4.39 Å². The Hall–Kier alpha value is -1.41. The molecule has 0 atom stereocenters. The van der Waals surface area contributed by atoms with Crippen LogP contribution in [0.15, 0.2) is 16.9 Å². The zero-order chi connectivity index (χ0) is 24.5.